The van der Waals surface area contributed by atoms with Crippen LogP contribution in [0.4, 0.5) is 0 Å². The quantitative estimate of drug-likeness (QED) is 0.137. The van der Waals surface area contributed by atoms with Crippen molar-refractivity contribution in [3.05, 3.63) is 179 Å². The molecule has 0 aliphatic carbocycles. The zero-order valence-electron chi connectivity index (χ0n) is 25.9. The smallest absolute Gasteiger partial charge is 0.186 e. The monoisotopic (exact) mass is 616 g/mol. The molecule has 1 aliphatic heterocycles. The first-order valence-electron chi connectivity index (χ1n) is 15.7. The zero-order valence-corrected chi connectivity index (χ0v) is 25.9. The lowest BCUT2D eigenvalue weighted by molar-refractivity contribution is -0.181. The molecule has 5 aromatic rings. The molecule has 1 fully saturated rings. The van der Waals surface area contributed by atoms with Crippen molar-refractivity contribution >= 4 is 0 Å². The van der Waals surface area contributed by atoms with E-state index in [0.717, 1.165) is 27.8 Å². The van der Waals surface area contributed by atoms with Gasteiger partial charge in [-0.3, -0.25) is 0 Å². The van der Waals surface area contributed by atoms with Crippen molar-refractivity contribution in [1.29, 1.82) is 0 Å². The van der Waals surface area contributed by atoms with Crippen LogP contribution in [0.5, 0.6) is 0 Å². The molecule has 1 saturated heterocycles. The van der Waals surface area contributed by atoms with Gasteiger partial charge >= 0.3 is 0 Å². The Labute approximate surface area is 271 Å². The zero-order chi connectivity index (χ0) is 31.6. The summed E-state index contributed by atoms with van der Waals surface area (Å²) in [5.41, 5.74) is 3.87. The number of benzene rings is 5. The summed E-state index contributed by atoms with van der Waals surface area (Å²) in [5.74, 6) is 0. The highest BCUT2D eigenvalue weighted by Gasteiger charge is 2.50. The maximum Gasteiger partial charge on any atom is 0.186 e. The summed E-state index contributed by atoms with van der Waals surface area (Å²) in [7, 11) is 1.58. The molecule has 46 heavy (non-hydrogen) atoms. The highest BCUT2D eigenvalue weighted by molar-refractivity contribution is 5.47. The second kappa shape index (κ2) is 15.4. The number of aliphatic hydroxyl groups excluding tert-OH is 1. The van der Waals surface area contributed by atoms with Gasteiger partial charge in [-0.2, -0.15) is 0 Å². The first-order chi connectivity index (χ1) is 22.7. The molecule has 0 amide bonds. The summed E-state index contributed by atoms with van der Waals surface area (Å²) in [6.07, 6.45) is -3.82. The summed E-state index contributed by atoms with van der Waals surface area (Å²) in [4.78, 5) is 0. The fourth-order valence-corrected chi connectivity index (χ4v) is 6.12. The van der Waals surface area contributed by atoms with Crippen molar-refractivity contribution in [2.75, 3.05) is 13.7 Å². The van der Waals surface area contributed by atoms with E-state index in [1.54, 1.807) is 7.11 Å². The number of aliphatic hydroxyl groups is 1. The molecule has 236 valence electrons. The van der Waals surface area contributed by atoms with Gasteiger partial charge in [-0.05, 0) is 27.8 Å². The Kier molecular flexibility index (Phi) is 10.7. The van der Waals surface area contributed by atoms with Gasteiger partial charge in [-0.1, -0.05) is 152 Å². The largest absolute Gasteiger partial charge is 0.388 e. The van der Waals surface area contributed by atoms with Crippen LogP contribution >= 0.6 is 0 Å². The average molecular weight is 617 g/mol. The molecule has 0 bridgehead atoms. The third-order valence-electron chi connectivity index (χ3n) is 8.40. The highest BCUT2D eigenvalue weighted by Crippen LogP contribution is 2.41. The molecule has 6 heteroatoms. The minimum atomic E-state index is -1.07. The molecule has 1 heterocycles. The summed E-state index contributed by atoms with van der Waals surface area (Å²) in [6, 6.07) is 50.2. The van der Waals surface area contributed by atoms with Gasteiger partial charge in [0.2, 0.25) is 0 Å². The van der Waals surface area contributed by atoms with Crippen molar-refractivity contribution < 1.29 is 28.8 Å². The van der Waals surface area contributed by atoms with E-state index in [0.29, 0.717) is 13.2 Å². The molecule has 6 rings (SSSR count). The maximum absolute atomic E-state index is 11.9. The minimum absolute atomic E-state index is 0.0453. The second-order valence-corrected chi connectivity index (χ2v) is 11.4. The predicted molar refractivity (Wildman–Crippen MR) is 177 cm³/mol. The third-order valence-corrected chi connectivity index (χ3v) is 8.40. The molecule has 1 N–H and O–H groups in total. The molecular formula is C40H40O6. The number of hydrogen-bond donors (Lipinski definition) is 1. The first-order valence-corrected chi connectivity index (χ1v) is 15.7. The van der Waals surface area contributed by atoms with Crippen LogP contribution in [0.1, 0.15) is 27.8 Å². The topological polar surface area (TPSA) is 66.4 Å². The van der Waals surface area contributed by atoms with E-state index in [9.17, 15) is 5.11 Å². The maximum atomic E-state index is 11.9. The Hall–Kier alpha value is -4.14. The van der Waals surface area contributed by atoms with Crippen LogP contribution in [0.3, 0.4) is 0 Å². The van der Waals surface area contributed by atoms with Gasteiger partial charge in [0.05, 0.1) is 19.8 Å². The van der Waals surface area contributed by atoms with Crippen molar-refractivity contribution in [1.82, 2.24) is 0 Å². The number of ether oxygens (including phenoxy) is 5. The fourth-order valence-electron chi connectivity index (χ4n) is 6.12. The van der Waals surface area contributed by atoms with Crippen molar-refractivity contribution in [3.8, 4) is 0 Å². The van der Waals surface area contributed by atoms with E-state index in [1.165, 1.54) is 0 Å². The van der Waals surface area contributed by atoms with Crippen molar-refractivity contribution in [2.45, 2.75) is 49.5 Å². The lowest BCUT2D eigenvalue weighted by Crippen LogP contribution is -2.45. The van der Waals surface area contributed by atoms with E-state index in [2.05, 4.69) is 36.4 Å². The van der Waals surface area contributed by atoms with Gasteiger partial charge in [0.15, 0.2) is 6.29 Å². The number of rotatable bonds is 14. The molecule has 0 aromatic heterocycles. The molecule has 5 atom stereocenters. The van der Waals surface area contributed by atoms with Crippen molar-refractivity contribution in [2.24, 2.45) is 0 Å². The predicted octanol–water partition coefficient (Wildman–Crippen LogP) is 6.90. The van der Waals surface area contributed by atoms with Gasteiger partial charge in [0.1, 0.15) is 30.0 Å². The molecule has 1 aliphatic rings. The lowest BCUT2D eigenvalue weighted by Gasteiger charge is -2.37. The van der Waals surface area contributed by atoms with E-state index < -0.39 is 36.3 Å². The SMILES string of the molecule is CO[C@H]1O[C@@H]([C@H](O)COC(c2ccccc2)(c2ccccc2)c2ccccc2)[C@H](OCc2ccccc2)[C@H]1OCc1ccccc1. The Morgan fingerprint density at radius 1 is 0.587 bits per heavy atom. The van der Waals surface area contributed by atoms with Gasteiger partial charge < -0.3 is 28.8 Å². The molecular weight excluding hydrogens is 576 g/mol. The average Bonchev–Trinajstić information content (AvgIpc) is 3.49. The lowest BCUT2D eigenvalue weighted by atomic mass is 9.80. The summed E-state index contributed by atoms with van der Waals surface area (Å²) >= 11 is 0. The summed E-state index contributed by atoms with van der Waals surface area (Å²) in [6.45, 7) is 0.622. The molecule has 0 unspecified atom stereocenters. The van der Waals surface area contributed by atoms with E-state index in [-0.39, 0.29) is 6.61 Å². The molecule has 5 aromatic carbocycles. The van der Waals surface area contributed by atoms with E-state index >= 15 is 0 Å². The van der Waals surface area contributed by atoms with E-state index in [1.807, 2.05) is 115 Å². The van der Waals surface area contributed by atoms with Crippen LogP contribution in [-0.4, -0.2) is 49.5 Å². The first kappa shape index (κ1) is 31.8. The molecule has 6 nitrogen and oxygen atoms in total. The molecule has 0 radical (unpaired) electrons. The van der Waals surface area contributed by atoms with Gasteiger partial charge in [0, 0.05) is 7.11 Å². The van der Waals surface area contributed by atoms with Crippen LogP contribution in [0, 0.1) is 0 Å². The molecule has 0 saturated carbocycles. The van der Waals surface area contributed by atoms with Crippen molar-refractivity contribution in [3.63, 3.8) is 0 Å². The van der Waals surface area contributed by atoms with Crippen LogP contribution in [0.15, 0.2) is 152 Å². The summed E-state index contributed by atoms with van der Waals surface area (Å²) < 4.78 is 31.9. The van der Waals surface area contributed by atoms with Gasteiger partial charge in [0.25, 0.3) is 0 Å². The molecule has 0 spiro atoms. The standard InChI is InChI=1S/C40H40O6/c1-42-39-38(44-28-31-19-9-3-10-20-31)37(43-27-30-17-7-2-8-18-30)36(46-39)35(41)29-45-40(32-21-11-4-12-22-32,33-23-13-5-14-24-33)34-25-15-6-16-26-34/h2-26,35-39,41H,27-29H2,1H3/t35-,36+,37+,38-,39+/m1/s1. The van der Waals surface area contributed by atoms with Gasteiger partial charge in [-0.15, -0.1) is 0 Å². The van der Waals surface area contributed by atoms with E-state index in [4.69, 9.17) is 23.7 Å². The highest BCUT2D eigenvalue weighted by atomic mass is 16.7. The third kappa shape index (κ3) is 7.13. The van der Waals surface area contributed by atoms with Crippen LogP contribution in [0.2, 0.25) is 0 Å². The normalized spacial score (nSPS) is 20.4. The Balaban J connectivity index is 1.30. The number of methoxy groups -OCH3 is 1. The second-order valence-electron chi connectivity index (χ2n) is 11.4. The fraction of sp³-hybridized carbons (Fsp3) is 0.250. The minimum Gasteiger partial charge on any atom is -0.388 e. The van der Waals surface area contributed by atoms with Gasteiger partial charge in [-0.25, -0.2) is 0 Å². The Bertz CT molecular complexity index is 1490. The van der Waals surface area contributed by atoms with Crippen LogP contribution in [0.25, 0.3) is 0 Å². The summed E-state index contributed by atoms with van der Waals surface area (Å²) in [5, 5.41) is 11.9. The van der Waals surface area contributed by atoms with Crippen LogP contribution in [-0.2, 0) is 42.5 Å². The number of hydrogen-bond acceptors (Lipinski definition) is 6. The Morgan fingerprint density at radius 2 is 0.978 bits per heavy atom. The Morgan fingerprint density at radius 3 is 1.39 bits per heavy atom. The van der Waals surface area contributed by atoms with Crippen LogP contribution < -0.4 is 0 Å².